The molecular formula is C17H22N4O2. The molecule has 0 saturated carbocycles. The van der Waals surface area contributed by atoms with Gasteiger partial charge in [-0.15, -0.1) is 0 Å². The number of rotatable bonds is 6. The van der Waals surface area contributed by atoms with Crippen LogP contribution in [0.15, 0.2) is 30.5 Å². The van der Waals surface area contributed by atoms with E-state index in [4.69, 9.17) is 4.74 Å². The van der Waals surface area contributed by atoms with Crippen molar-refractivity contribution in [1.82, 2.24) is 20.1 Å². The number of hydrogen-bond donors (Lipinski definition) is 1. The average molecular weight is 314 g/mol. The average Bonchev–Trinajstić information content (AvgIpc) is 3.26. The third-order valence-corrected chi connectivity index (χ3v) is 3.96. The largest absolute Gasteiger partial charge is 0.376 e. The van der Waals surface area contributed by atoms with E-state index >= 15 is 0 Å². The number of aromatic amines is 1. The minimum absolute atomic E-state index is 0.0305. The van der Waals surface area contributed by atoms with E-state index in [9.17, 15) is 4.79 Å². The summed E-state index contributed by atoms with van der Waals surface area (Å²) in [6.45, 7) is 4.23. The van der Waals surface area contributed by atoms with Crippen molar-refractivity contribution in [2.24, 2.45) is 0 Å². The Labute approximate surface area is 135 Å². The lowest BCUT2D eigenvalue weighted by Crippen LogP contribution is -2.38. The first-order valence-electron chi connectivity index (χ1n) is 8.15. The maximum absolute atomic E-state index is 12.7. The molecule has 1 amide bonds. The van der Waals surface area contributed by atoms with Gasteiger partial charge in [0.25, 0.3) is 5.91 Å². The lowest BCUT2D eigenvalue weighted by molar-refractivity contribution is 0.0522. The van der Waals surface area contributed by atoms with Gasteiger partial charge in [-0.2, -0.15) is 5.10 Å². The van der Waals surface area contributed by atoms with Gasteiger partial charge in [-0.05, 0) is 37.5 Å². The van der Waals surface area contributed by atoms with Crippen LogP contribution < -0.4 is 0 Å². The molecule has 0 aliphatic carbocycles. The molecular weight excluding hydrogens is 292 g/mol. The standard InChI is InChI=1S/C17H22N4O2/c1-2-9-21(12-13-6-5-10-23-13)17(22)16-11-15(19-20-16)14-7-3-4-8-18-14/h3-4,7-8,11,13H,2,5-6,9-10,12H2,1H3,(H,19,20). The van der Waals surface area contributed by atoms with Gasteiger partial charge >= 0.3 is 0 Å². The number of pyridine rings is 1. The summed E-state index contributed by atoms with van der Waals surface area (Å²) in [6.07, 6.45) is 4.89. The first-order valence-corrected chi connectivity index (χ1v) is 8.15. The van der Waals surface area contributed by atoms with Gasteiger partial charge in [0.05, 0.1) is 11.8 Å². The third kappa shape index (κ3) is 3.76. The zero-order valence-corrected chi connectivity index (χ0v) is 13.4. The van der Waals surface area contributed by atoms with Crippen molar-refractivity contribution in [2.75, 3.05) is 19.7 Å². The monoisotopic (exact) mass is 314 g/mol. The fourth-order valence-corrected chi connectivity index (χ4v) is 2.83. The molecule has 23 heavy (non-hydrogen) atoms. The Balaban J connectivity index is 1.73. The van der Waals surface area contributed by atoms with E-state index in [0.717, 1.165) is 38.1 Å². The van der Waals surface area contributed by atoms with Crippen LogP contribution >= 0.6 is 0 Å². The molecule has 2 aromatic rings. The summed E-state index contributed by atoms with van der Waals surface area (Å²) in [6, 6.07) is 7.40. The molecule has 1 N–H and O–H groups in total. The lowest BCUT2D eigenvalue weighted by atomic mass is 10.2. The van der Waals surface area contributed by atoms with E-state index in [1.54, 1.807) is 12.3 Å². The van der Waals surface area contributed by atoms with Gasteiger partial charge in [-0.1, -0.05) is 13.0 Å². The summed E-state index contributed by atoms with van der Waals surface area (Å²) in [5.74, 6) is -0.0305. The molecule has 0 radical (unpaired) electrons. The Hall–Kier alpha value is -2.21. The number of ether oxygens (including phenoxy) is 1. The van der Waals surface area contributed by atoms with Gasteiger partial charge < -0.3 is 9.64 Å². The van der Waals surface area contributed by atoms with Crippen LogP contribution in [0.2, 0.25) is 0 Å². The third-order valence-electron chi connectivity index (χ3n) is 3.96. The topological polar surface area (TPSA) is 71.1 Å². The molecule has 6 heteroatoms. The summed E-state index contributed by atoms with van der Waals surface area (Å²) < 4.78 is 5.66. The molecule has 0 bridgehead atoms. The second-order valence-electron chi connectivity index (χ2n) is 5.77. The number of hydrogen-bond acceptors (Lipinski definition) is 4. The number of nitrogens with one attached hydrogen (secondary N) is 1. The Morgan fingerprint density at radius 2 is 2.35 bits per heavy atom. The minimum atomic E-state index is -0.0305. The van der Waals surface area contributed by atoms with Crippen LogP contribution in [-0.4, -0.2) is 51.8 Å². The second-order valence-corrected chi connectivity index (χ2v) is 5.77. The maximum Gasteiger partial charge on any atom is 0.271 e. The molecule has 1 fully saturated rings. The Bertz CT molecular complexity index is 635. The van der Waals surface area contributed by atoms with Crippen LogP contribution in [0.3, 0.4) is 0 Å². The SMILES string of the molecule is CCCN(CC1CCCO1)C(=O)c1cc(-c2ccccn2)n[nH]1. The molecule has 1 saturated heterocycles. The Kier molecular flexibility index (Phi) is 5.02. The number of carbonyl (C=O) groups excluding carboxylic acids is 1. The van der Waals surface area contributed by atoms with Crippen LogP contribution in [0, 0.1) is 0 Å². The minimum Gasteiger partial charge on any atom is -0.376 e. The van der Waals surface area contributed by atoms with Crippen molar-refractivity contribution in [2.45, 2.75) is 32.3 Å². The zero-order chi connectivity index (χ0) is 16.1. The number of aromatic nitrogens is 3. The molecule has 2 aromatic heterocycles. The van der Waals surface area contributed by atoms with E-state index in [1.165, 1.54) is 0 Å². The normalized spacial score (nSPS) is 17.3. The fourth-order valence-electron chi connectivity index (χ4n) is 2.83. The number of amides is 1. The van der Waals surface area contributed by atoms with Gasteiger partial charge in [0.15, 0.2) is 0 Å². The lowest BCUT2D eigenvalue weighted by Gasteiger charge is -2.24. The molecule has 0 spiro atoms. The molecule has 1 aliphatic heterocycles. The van der Waals surface area contributed by atoms with E-state index in [0.29, 0.717) is 17.9 Å². The number of H-pyrrole nitrogens is 1. The highest BCUT2D eigenvalue weighted by Gasteiger charge is 2.24. The predicted molar refractivity (Wildman–Crippen MR) is 87.0 cm³/mol. The van der Waals surface area contributed by atoms with Gasteiger partial charge in [0, 0.05) is 25.9 Å². The van der Waals surface area contributed by atoms with Crippen molar-refractivity contribution < 1.29 is 9.53 Å². The molecule has 3 rings (SSSR count). The summed E-state index contributed by atoms with van der Waals surface area (Å²) in [5.41, 5.74) is 1.93. The summed E-state index contributed by atoms with van der Waals surface area (Å²) >= 11 is 0. The fraction of sp³-hybridized carbons (Fsp3) is 0.471. The van der Waals surface area contributed by atoms with E-state index in [-0.39, 0.29) is 12.0 Å². The van der Waals surface area contributed by atoms with Crippen LogP contribution in [0.1, 0.15) is 36.7 Å². The molecule has 6 nitrogen and oxygen atoms in total. The Morgan fingerprint density at radius 3 is 3.04 bits per heavy atom. The van der Waals surface area contributed by atoms with Crippen molar-refractivity contribution in [3.63, 3.8) is 0 Å². The van der Waals surface area contributed by atoms with Crippen LogP contribution in [0.25, 0.3) is 11.4 Å². The molecule has 1 aliphatic rings. The number of carbonyl (C=O) groups is 1. The molecule has 0 aromatic carbocycles. The van der Waals surface area contributed by atoms with E-state index < -0.39 is 0 Å². The molecule has 1 unspecified atom stereocenters. The van der Waals surface area contributed by atoms with Crippen molar-refractivity contribution >= 4 is 5.91 Å². The van der Waals surface area contributed by atoms with Gasteiger partial charge in [0.2, 0.25) is 0 Å². The molecule has 1 atom stereocenters. The van der Waals surface area contributed by atoms with Crippen LogP contribution in [0.5, 0.6) is 0 Å². The van der Waals surface area contributed by atoms with Crippen molar-refractivity contribution in [1.29, 1.82) is 0 Å². The summed E-state index contributed by atoms with van der Waals surface area (Å²) in [7, 11) is 0. The van der Waals surface area contributed by atoms with E-state index in [1.807, 2.05) is 23.1 Å². The smallest absolute Gasteiger partial charge is 0.271 e. The predicted octanol–water partition coefficient (Wildman–Crippen LogP) is 2.50. The first-order chi connectivity index (χ1) is 11.3. The van der Waals surface area contributed by atoms with Crippen molar-refractivity contribution in [3.8, 4) is 11.4 Å². The summed E-state index contributed by atoms with van der Waals surface area (Å²) in [4.78, 5) is 18.9. The quantitative estimate of drug-likeness (QED) is 0.889. The van der Waals surface area contributed by atoms with Gasteiger partial charge in [-0.25, -0.2) is 0 Å². The highest BCUT2D eigenvalue weighted by atomic mass is 16.5. The van der Waals surface area contributed by atoms with Crippen molar-refractivity contribution in [3.05, 3.63) is 36.2 Å². The highest BCUT2D eigenvalue weighted by Crippen LogP contribution is 2.18. The first kappa shape index (κ1) is 15.7. The molecule has 122 valence electrons. The van der Waals surface area contributed by atoms with E-state index in [2.05, 4.69) is 22.1 Å². The number of nitrogens with zero attached hydrogens (tertiary/aromatic N) is 3. The molecule has 3 heterocycles. The summed E-state index contributed by atoms with van der Waals surface area (Å²) in [5, 5.41) is 7.06. The maximum atomic E-state index is 12.7. The van der Waals surface area contributed by atoms with Gasteiger partial charge in [-0.3, -0.25) is 14.9 Å². The van der Waals surface area contributed by atoms with Crippen LogP contribution in [0.4, 0.5) is 0 Å². The van der Waals surface area contributed by atoms with Gasteiger partial charge in [0.1, 0.15) is 11.4 Å². The Morgan fingerprint density at radius 1 is 1.43 bits per heavy atom. The zero-order valence-electron chi connectivity index (χ0n) is 13.4. The second kappa shape index (κ2) is 7.37. The highest BCUT2D eigenvalue weighted by molar-refractivity contribution is 5.93. The van der Waals surface area contributed by atoms with Crippen LogP contribution in [-0.2, 0) is 4.74 Å².